The maximum atomic E-state index is 9.78. The van der Waals surface area contributed by atoms with Gasteiger partial charge in [-0.05, 0) is 22.3 Å². The average Bonchev–Trinajstić information content (AvgIpc) is 2.97. The van der Waals surface area contributed by atoms with Gasteiger partial charge in [0.2, 0.25) is 0 Å². The predicted molar refractivity (Wildman–Crippen MR) is 86.7 cm³/mol. The molecule has 0 aliphatic carbocycles. The average molecular weight is 313 g/mol. The molecule has 6 nitrogen and oxygen atoms in total. The highest BCUT2D eigenvalue weighted by molar-refractivity contribution is 5.83. The Balaban J connectivity index is 2.85. The van der Waals surface area contributed by atoms with Crippen LogP contribution in [0, 0.1) is 11.3 Å². The van der Waals surface area contributed by atoms with Gasteiger partial charge in [-0.2, -0.15) is 5.26 Å². The standard InChI is InChI=1S/C17H19N3O3/c1-2-11-15(5-18)20-16(6-19)17(11)12-4-3-10(7-21)13(8-22)14(12)9-23/h2-4,20-23H,1,6-9,19H2. The molecule has 1 heterocycles. The number of nitriles is 1. The number of aromatic nitrogens is 1. The third-order valence-electron chi connectivity index (χ3n) is 3.92. The van der Waals surface area contributed by atoms with E-state index in [4.69, 9.17) is 5.73 Å². The Bertz CT molecular complexity index is 772. The van der Waals surface area contributed by atoms with Gasteiger partial charge in [-0.15, -0.1) is 0 Å². The molecule has 120 valence electrons. The lowest BCUT2D eigenvalue weighted by Gasteiger charge is -2.16. The van der Waals surface area contributed by atoms with Gasteiger partial charge in [-0.1, -0.05) is 24.8 Å². The van der Waals surface area contributed by atoms with Gasteiger partial charge in [0.25, 0.3) is 0 Å². The molecule has 0 amide bonds. The van der Waals surface area contributed by atoms with Gasteiger partial charge in [-0.25, -0.2) is 0 Å². The number of nitrogens with one attached hydrogen (secondary N) is 1. The summed E-state index contributed by atoms with van der Waals surface area (Å²) in [5.41, 5.74) is 10.2. The van der Waals surface area contributed by atoms with E-state index in [1.165, 1.54) is 0 Å². The number of H-pyrrole nitrogens is 1. The number of nitrogens with zero attached hydrogens (tertiary/aromatic N) is 1. The largest absolute Gasteiger partial charge is 0.392 e. The summed E-state index contributed by atoms with van der Waals surface area (Å²) < 4.78 is 0. The van der Waals surface area contributed by atoms with Crippen LogP contribution in [0.25, 0.3) is 17.2 Å². The Morgan fingerprint density at radius 3 is 2.35 bits per heavy atom. The van der Waals surface area contributed by atoms with Gasteiger partial charge < -0.3 is 26.0 Å². The van der Waals surface area contributed by atoms with E-state index < -0.39 is 0 Å². The molecular weight excluding hydrogens is 294 g/mol. The minimum atomic E-state index is -0.313. The quantitative estimate of drug-likeness (QED) is 0.546. The molecule has 0 saturated heterocycles. The third-order valence-corrected chi connectivity index (χ3v) is 3.92. The van der Waals surface area contributed by atoms with Crippen LogP contribution in [0.4, 0.5) is 0 Å². The van der Waals surface area contributed by atoms with E-state index >= 15 is 0 Å². The molecule has 1 aromatic carbocycles. The van der Waals surface area contributed by atoms with E-state index in [0.29, 0.717) is 44.8 Å². The number of hydrogen-bond acceptors (Lipinski definition) is 5. The summed E-state index contributed by atoms with van der Waals surface area (Å²) in [5.74, 6) is 0. The van der Waals surface area contributed by atoms with Crippen LogP contribution in [-0.2, 0) is 26.4 Å². The Morgan fingerprint density at radius 1 is 1.17 bits per heavy atom. The monoisotopic (exact) mass is 313 g/mol. The van der Waals surface area contributed by atoms with Gasteiger partial charge >= 0.3 is 0 Å². The van der Waals surface area contributed by atoms with E-state index in [1.54, 1.807) is 18.2 Å². The van der Waals surface area contributed by atoms with E-state index in [0.717, 1.165) is 0 Å². The molecular formula is C17H19N3O3. The number of aromatic amines is 1. The first kappa shape index (κ1) is 16.9. The summed E-state index contributed by atoms with van der Waals surface area (Å²) in [4.78, 5) is 2.97. The fraction of sp³-hybridized carbons (Fsp3) is 0.235. The van der Waals surface area contributed by atoms with Crippen molar-refractivity contribution >= 4 is 6.08 Å². The Hall–Kier alpha value is -2.43. The van der Waals surface area contributed by atoms with E-state index in [9.17, 15) is 20.6 Å². The molecule has 0 unspecified atom stereocenters. The number of nitrogens with two attached hydrogens (primary N) is 1. The van der Waals surface area contributed by atoms with Crippen LogP contribution in [0.15, 0.2) is 18.7 Å². The highest BCUT2D eigenvalue weighted by atomic mass is 16.3. The van der Waals surface area contributed by atoms with Crippen molar-refractivity contribution in [3.05, 3.63) is 52.4 Å². The first-order chi connectivity index (χ1) is 11.2. The van der Waals surface area contributed by atoms with Crippen LogP contribution in [-0.4, -0.2) is 20.3 Å². The molecule has 6 N–H and O–H groups in total. The predicted octanol–water partition coefficient (Wildman–Crippen LogP) is 1.13. The van der Waals surface area contributed by atoms with Crippen molar-refractivity contribution in [3.8, 4) is 17.2 Å². The normalized spacial score (nSPS) is 10.6. The second-order valence-corrected chi connectivity index (χ2v) is 4.99. The minimum absolute atomic E-state index is 0.179. The SMILES string of the molecule is C=Cc1c(C#N)[nH]c(CN)c1-c1ccc(CO)c(CO)c1CO. The Kier molecular flexibility index (Phi) is 5.32. The second kappa shape index (κ2) is 7.22. The number of rotatable bonds is 6. The fourth-order valence-corrected chi connectivity index (χ4v) is 2.82. The van der Waals surface area contributed by atoms with Crippen LogP contribution in [0.2, 0.25) is 0 Å². The minimum Gasteiger partial charge on any atom is -0.392 e. The van der Waals surface area contributed by atoms with Crippen molar-refractivity contribution in [1.29, 1.82) is 5.26 Å². The third kappa shape index (κ3) is 2.79. The summed E-state index contributed by atoms with van der Waals surface area (Å²) in [5, 5.41) is 38.0. The second-order valence-electron chi connectivity index (χ2n) is 4.99. The highest BCUT2D eigenvalue weighted by Crippen LogP contribution is 2.36. The molecule has 0 atom stereocenters. The van der Waals surface area contributed by atoms with Crippen molar-refractivity contribution < 1.29 is 15.3 Å². The van der Waals surface area contributed by atoms with Crippen molar-refractivity contribution in [1.82, 2.24) is 4.98 Å². The summed E-state index contributed by atoms with van der Waals surface area (Å²) >= 11 is 0. The van der Waals surface area contributed by atoms with E-state index in [1.807, 2.05) is 0 Å². The molecule has 2 aromatic rings. The summed E-state index contributed by atoms with van der Waals surface area (Å²) in [7, 11) is 0. The van der Waals surface area contributed by atoms with Crippen molar-refractivity contribution in [3.63, 3.8) is 0 Å². The fourth-order valence-electron chi connectivity index (χ4n) is 2.82. The smallest absolute Gasteiger partial charge is 0.125 e. The van der Waals surface area contributed by atoms with Gasteiger partial charge in [0, 0.05) is 23.4 Å². The maximum Gasteiger partial charge on any atom is 0.125 e. The molecule has 0 radical (unpaired) electrons. The maximum absolute atomic E-state index is 9.78. The molecule has 6 heteroatoms. The lowest BCUT2D eigenvalue weighted by molar-refractivity contribution is 0.248. The molecule has 0 aliphatic rings. The number of aliphatic hydroxyl groups excluding tert-OH is 3. The first-order valence-corrected chi connectivity index (χ1v) is 7.10. The lowest BCUT2D eigenvalue weighted by Crippen LogP contribution is -2.05. The van der Waals surface area contributed by atoms with Crippen molar-refractivity contribution in [2.45, 2.75) is 26.4 Å². The van der Waals surface area contributed by atoms with Crippen LogP contribution in [0.1, 0.15) is 33.6 Å². The number of benzene rings is 1. The van der Waals surface area contributed by atoms with Crippen LogP contribution in [0.5, 0.6) is 0 Å². The zero-order chi connectivity index (χ0) is 17.0. The zero-order valence-electron chi connectivity index (χ0n) is 12.6. The first-order valence-electron chi connectivity index (χ1n) is 7.10. The summed E-state index contributed by atoms with van der Waals surface area (Å²) in [6.07, 6.45) is 1.56. The van der Waals surface area contributed by atoms with Crippen LogP contribution in [0.3, 0.4) is 0 Å². The molecule has 1 aromatic heterocycles. The van der Waals surface area contributed by atoms with Gasteiger partial charge in [0.05, 0.1) is 19.8 Å². The topological polar surface area (TPSA) is 126 Å². The lowest BCUT2D eigenvalue weighted by atomic mass is 9.90. The molecule has 0 bridgehead atoms. The molecule has 2 rings (SSSR count). The van der Waals surface area contributed by atoms with Gasteiger partial charge in [0.15, 0.2) is 0 Å². The number of hydrogen-bond donors (Lipinski definition) is 5. The van der Waals surface area contributed by atoms with E-state index in [-0.39, 0.29) is 26.4 Å². The Labute approximate surface area is 134 Å². The van der Waals surface area contributed by atoms with Crippen molar-refractivity contribution in [2.24, 2.45) is 5.73 Å². The zero-order valence-corrected chi connectivity index (χ0v) is 12.6. The van der Waals surface area contributed by atoms with Crippen molar-refractivity contribution in [2.75, 3.05) is 0 Å². The molecule has 0 fully saturated rings. The molecule has 0 spiro atoms. The summed E-state index contributed by atoms with van der Waals surface area (Å²) in [6, 6.07) is 5.50. The van der Waals surface area contributed by atoms with Crippen LogP contribution < -0.4 is 5.73 Å². The molecule has 0 saturated carbocycles. The molecule has 0 aliphatic heterocycles. The van der Waals surface area contributed by atoms with Crippen LogP contribution >= 0.6 is 0 Å². The van der Waals surface area contributed by atoms with Gasteiger partial charge in [0.1, 0.15) is 11.8 Å². The highest BCUT2D eigenvalue weighted by Gasteiger charge is 2.21. The summed E-state index contributed by atoms with van der Waals surface area (Å²) in [6.45, 7) is 3.06. The van der Waals surface area contributed by atoms with Gasteiger partial charge in [-0.3, -0.25) is 0 Å². The molecule has 23 heavy (non-hydrogen) atoms. The number of aliphatic hydroxyl groups is 3. The van der Waals surface area contributed by atoms with E-state index in [2.05, 4.69) is 17.6 Å². The Morgan fingerprint density at radius 2 is 1.87 bits per heavy atom.